The van der Waals surface area contributed by atoms with E-state index >= 15 is 0 Å². The summed E-state index contributed by atoms with van der Waals surface area (Å²) in [7, 11) is 1.59. The van der Waals surface area contributed by atoms with Crippen molar-refractivity contribution in [3.05, 3.63) is 78.7 Å². The molecule has 1 aromatic carbocycles. The zero-order chi connectivity index (χ0) is 25.4. The molecular weight excluding hydrogens is 478 g/mol. The highest BCUT2D eigenvalue weighted by molar-refractivity contribution is 7.07. The SMILES string of the molecule is COc1ccc([C@@H]2C(C(=O)OC(C)C)=C(C)N=c3s/c(=C/c4ccc(N5CCCC5)o4)c(=O)n32)cc1. The average Bonchev–Trinajstić information content (AvgIpc) is 3.59. The van der Waals surface area contributed by atoms with Crippen molar-refractivity contribution in [3.63, 3.8) is 0 Å². The van der Waals surface area contributed by atoms with E-state index in [2.05, 4.69) is 9.89 Å². The van der Waals surface area contributed by atoms with Gasteiger partial charge < -0.3 is 18.8 Å². The van der Waals surface area contributed by atoms with E-state index in [-0.39, 0.29) is 11.7 Å². The van der Waals surface area contributed by atoms with Gasteiger partial charge in [0.15, 0.2) is 10.7 Å². The summed E-state index contributed by atoms with van der Waals surface area (Å²) in [5.74, 6) is 1.63. The molecule has 3 aromatic rings. The molecule has 2 aromatic heterocycles. The Balaban J connectivity index is 1.62. The van der Waals surface area contributed by atoms with Crippen LogP contribution in [0.25, 0.3) is 6.08 Å². The van der Waals surface area contributed by atoms with Crippen molar-refractivity contribution in [2.45, 2.75) is 45.8 Å². The van der Waals surface area contributed by atoms with E-state index in [1.165, 1.54) is 11.3 Å². The van der Waals surface area contributed by atoms with Crippen molar-refractivity contribution in [3.8, 4) is 5.75 Å². The Bertz CT molecular complexity index is 1490. The summed E-state index contributed by atoms with van der Waals surface area (Å²) >= 11 is 1.28. The fourth-order valence-electron chi connectivity index (χ4n) is 4.62. The van der Waals surface area contributed by atoms with Crippen molar-refractivity contribution < 1.29 is 18.7 Å². The lowest BCUT2D eigenvalue weighted by molar-refractivity contribution is -0.143. The van der Waals surface area contributed by atoms with E-state index in [1.807, 2.05) is 36.4 Å². The topological polar surface area (TPSA) is 86.3 Å². The van der Waals surface area contributed by atoms with Crippen LogP contribution in [0.5, 0.6) is 5.75 Å². The van der Waals surface area contributed by atoms with Gasteiger partial charge in [0, 0.05) is 25.2 Å². The second-order valence-corrected chi connectivity index (χ2v) is 10.2. The van der Waals surface area contributed by atoms with E-state index in [1.54, 1.807) is 38.5 Å². The molecule has 2 aliphatic heterocycles. The lowest BCUT2D eigenvalue weighted by Gasteiger charge is -2.25. The lowest BCUT2D eigenvalue weighted by atomic mass is 9.96. The summed E-state index contributed by atoms with van der Waals surface area (Å²) in [6, 6.07) is 10.5. The Morgan fingerprint density at radius 3 is 2.56 bits per heavy atom. The summed E-state index contributed by atoms with van der Waals surface area (Å²) in [5, 5.41) is 0. The highest BCUT2D eigenvalue weighted by Crippen LogP contribution is 2.32. The van der Waals surface area contributed by atoms with Crippen LogP contribution < -0.4 is 24.5 Å². The number of thiazole rings is 1. The molecule has 0 bridgehead atoms. The number of rotatable bonds is 6. The molecule has 188 valence electrons. The second-order valence-electron chi connectivity index (χ2n) is 9.18. The van der Waals surface area contributed by atoms with Crippen LogP contribution in [0.4, 0.5) is 5.88 Å². The number of nitrogens with zero attached hydrogens (tertiary/aromatic N) is 3. The van der Waals surface area contributed by atoms with Gasteiger partial charge >= 0.3 is 5.97 Å². The van der Waals surface area contributed by atoms with Crippen LogP contribution in [-0.4, -0.2) is 36.8 Å². The van der Waals surface area contributed by atoms with Crippen LogP contribution in [-0.2, 0) is 9.53 Å². The molecule has 0 N–H and O–H groups in total. The van der Waals surface area contributed by atoms with Crippen LogP contribution in [0.2, 0.25) is 0 Å². The highest BCUT2D eigenvalue weighted by atomic mass is 32.1. The first-order valence-corrected chi connectivity index (χ1v) is 12.9. The first-order valence-electron chi connectivity index (χ1n) is 12.1. The number of hydrogen-bond donors (Lipinski definition) is 0. The Morgan fingerprint density at radius 2 is 1.89 bits per heavy atom. The number of benzene rings is 1. The number of esters is 1. The minimum atomic E-state index is -0.669. The number of anilines is 1. The summed E-state index contributed by atoms with van der Waals surface area (Å²) in [6.07, 6.45) is 3.75. The van der Waals surface area contributed by atoms with E-state index < -0.39 is 12.0 Å². The zero-order valence-electron chi connectivity index (χ0n) is 20.8. The van der Waals surface area contributed by atoms with Crippen molar-refractivity contribution in [2.75, 3.05) is 25.1 Å². The number of methoxy groups -OCH3 is 1. The lowest BCUT2D eigenvalue weighted by Crippen LogP contribution is -2.40. The zero-order valence-corrected chi connectivity index (χ0v) is 21.6. The van der Waals surface area contributed by atoms with Crippen molar-refractivity contribution in [2.24, 2.45) is 4.99 Å². The fraction of sp³-hybridized carbons (Fsp3) is 0.370. The van der Waals surface area contributed by atoms with E-state index in [0.29, 0.717) is 32.1 Å². The van der Waals surface area contributed by atoms with Gasteiger partial charge in [0.05, 0.1) is 35.1 Å². The van der Waals surface area contributed by atoms with Crippen LogP contribution >= 0.6 is 11.3 Å². The maximum Gasteiger partial charge on any atom is 0.338 e. The number of furan rings is 1. The Kier molecular flexibility index (Phi) is 6.57. The van der Waals surface area contributed by atoms with Crippen molar-refractivity contribution >= 4 is 29.3 Å². The molecule has 2 aliphatic rings. The molecule has 8 nitrogen and oxygen atoms in total. The molecule has 1 fully saturated rings. The van der Waals surface area contributed by atoms with Crippen LogP contribution in [0.15, 0.2) is 61.9 Å². The Labute approximate surface area is 212 Å². The maximum atomic E-state index is 13.7. The molecule has 1 atom stereocenters. The molecule has 0 amide bonds. The number of carbonyl (C=O) groups is 1. The van der Waals surface area contributed by atoms with Gasteiger partial charge in [0.2, 0.25) is 0 Å². The third-order valence-electron chi connectivity index (χ3n) is 6.32. The van der Waals surface area contributed by atoms with Gasteiger partial charge in [-0.25, -0.2) is 9.79 Å². The summed E-state index contributed by atoms with van der Waals surface area (Å²) < 4.78 is 18.9. The molecular formula is C27H29N3O5S. The number of hydrogen-bond acceptors (Lipinski definition) is 8. The highest BCUT2D eigenvalue weighted by Gasteiger charge is 2.33. The number of allylic oxidation sites excluding steroid dienone is 1. The van der Waals surface area contributed by atoms with Gasteiger partial charge in [0.25, 0.3) is 5.56 Å². The van der Waals surface area contributed by atoms with Crippen molar-refractivity contribution in [1.82, 2.24) is 4.57 Å². The molecule has 1 saturated heterocycles. The van der Waals surface area contributed by atoms with E-state index in [0.717, 1.165) is 37.4 Å². The molecule has 0 unspecified atom stereocenters. The fourth-order valence-corrected chi connectivity index (χ4v) is 5.64. The monoisotopic (exact) mass is 507 g/mol. The largest absolute Gasteiger partial charge is 0.497 e. The second kappa shape index (κ2) is 9.81. The van der Waals surface area contributed by atoms with Gasteiger partial charge in [-0.3, -0.25) is 9.36 Å². The summed E-state index contributed by atoms with van der Waals surface area (Å²) in [4.78, 5) is 34.2. The van der Waals surface area contributed by atoms with Gasteiger partial charge in [0.1, 0.15) is 11.5 Å². The van der Waals surface area contributed by atoms with Crippen LogP contribution in [0.1, 0.15) is 51.0 Å². The standard InChI is InChI=1S/C27H29N3O5S/c1-16(2)34-26(32)23-17(3)28-27-30(24(23)18-7-9-19(33-4)10-8-18)25(31)21(36-27)15-20-11-12-22(35-20)29-13-5-6-14-29/h7-12,15-16,24H,5-6,13-14H2,1-4H3/b21-15+/t24-/m1/s1. The first kappa shape index (κ1) is 24.1. The molecule has 0 saturated carbocycles. The average molecular weight is 508 g/mol. The molecule has 0 spiro atoms. The number of carbonyl (C=O) groups excluding carboxylic acids is 1. The maximum absolute atomic E-state index is 13.7. The third kappa shape index (κ3) is 4.51. The van der Waals surface area contributed by atoms with Gasteiger partial charge in [-0.1, -0.05) is 23.5 Å². The molecule has 0 radical (unpaired) electrons. The minimum absolute atomic E-state index is 0.235. The summed E-state index contributed by atoms with van der Waals surface area (Å²) in [6.45, 7) is 7.33. The quantitative estimate of drug-likeness (QED) is 0.476. The summed E-state index contributed by atoms with van der Waals surface area (Å²) in [5.41, 5.74) is 1.41. The molecule has 36 heavy (non-hydrogen) atoms. The smallest absolute Gasteiger partial charge is 0.338 e. The molecule has 9 heteroatoms. The first-order chi connectivity index (χ1) is 17.4. The third-order valence-corrected chi connectivity index (χ3v) is 7.30. The van der Waals surface area contributed by atoms with Crippen molar-refractivity contribution in [1.29, 1.82) is 0 Å². The number of aromatic nitrogens is 1. The van der Waals surface area contributed by atoms with Crippen LogP contribution in [0, 0.1) is 0 Å². The predicted molar refractivity (Wildman–Crippen MR) is 138 cm³/mol. The Morgan fingerprint density at radius 1 is 1.17 bits per heavy atom. The normalized spacial score (nSPS) is 18.0. The predicted octanol–water partition coefficient (Wildman–Crippen LogP) is 3.39. The molecule has 0 aliphatic carbocycles. The van der Waals surface area contributed by atoms with Gasteiger partial charge in [-0.2, -0.15) is 0 Å². The van der Waals surface area contributed by atoms with E-state index in [4.69, 9.17) is 13.9 Å². The van der Waals surface area contributed by atoms with Gasteiger partial charge in [-0.05, 0) is 57.4 Å². The minimum Gasteiger partial charge on any atom is -0.497 e. The molecule has 4 heterocycles. The Hall–Kier alpha value is -3.59. The number of fused-ring (bicyclic) bond motifs is 1. The van der Waals surface area contributed by atoms with E-state index in [9.17, 15) is 9.59 Å². The molecule has 5 rings (SSSR count). The van der Waals surface area contributed by atoms with Crippen LogP contribution in [0.3, 0.4) is 0 Å². The van der Waals surface area contributed by atoms with Gasteiger partial charge in [-0.15, -0.1) is 0 Å². The number of ether oxygens (including phenoxy) is 2.